The Morgan fingerprint density at radius 1 is 1.41 bits per heavy atom. The average molecular weight is 304 g/mol. The van der Waals surface area contributed by atoms with Crippen molar-refractivity contribution >= 4 is 22.3 Å². The average Bonchev–Trinajstić information content (AvgIpc) is 2.54. The molecule has 2 heterocycles. The molecule has 116 valence electrons. The van der Waals surface area contributed by atoms with Crippen molar-refractivity contribution in [3.63, 3.8) is 0 Å². The molecule has 2 aromatic rings. The summed E-state index contributed by atoms with van der Waals surface area (Å²) in [5.41, 5.74) is 0.438. The van der Waals surface area contributed by atoms with Gasteiger partial charge in [-0.25, -0.2) is 4.98 Å². The fourth-order valence-electron chi connectivity index (χ4n) is 2.85. The first-order valence-corrected chi connectivity index (χ1v) is 7.12. The first kappa shape index (κ1) is 14.5. The van der Waals surface area contributed by atoms with E-state index >= 15 is 0 Å². The first-order valence-electron chi connectivity index (χ1n) is 7.12. The summed E-state index contributed by atoms with van der Waals surface area (Å²) in [6.07, 6.45) is 2.86. The predicted octanol–water partition coefficient (Wildman–Crippen LogP) is 1.04. The topological polar surface area (TPSA) is 112 Å². The van der Waals surface area contributed by atoms with Gasteiger partial charge in [-0.15, -0.1) is 0 Å². The third-order valence-electron chi connectivity index (χ3n) is 4.15. The number of nitro groups is 1. The summed E-state index contributed by atoms with van der Waals surface area (Å²) < 4.78 is 0. The number of aliphatic hydroxyl groups excluding tert-OH is 1. The van der Waals surface area contributed by atoms with Gasteiger partial charge in [-0.1, -0.05) is 0 Å². The zero-order valence-corrected chi connectivity index (χ0v) is 11.9. The van der Waals surface area contributed by atoms with E-state index in [-0.39, 0.29) is 23.6 Å². The smallest absolute Gasteiger partial charge is 0.293 e. The number of aromatic amines is 1. The van der Waals surface area contributed by atoms with Crippen LogP contribution in [0.25, 0.3) is 10.9 Å². The van der Waals surface area contributed by atoms with E-state index in [4.69, 9.17) is 0 Å². The number of piperidine rings is 1. The molecule has 0 amide bonds. The Hall–Kier alpha value is -2.48. The molecule has 0 bridgehead atoms. The molecule has 0 saturated carbocycles. The van der Waals surface area contributed by atoms with Gasteiger partial charge in [0.1, 0.15) is 5.69 Å². The lowest BCUT2D eigenvalue weighted by atomic mass is 9.97. The number of hydrogen-bond acceptors (Lipinski definition) is 6. The Morgan fingerprint density at radius 3 is 2.77 bits per heavy atom. The maximum absolute atomic E-state index is 11.8. The minimum absolute atomic E-state index is 0.0894. The molecular weight excluding hydrogens is 288 g/mol. The molecule has 0 radical (unpaired) electrons. The Kier molecular flexibility index (Phi) is 3.76. The van der Waals surface area contributed by atoms with Crippen molar-refractivity contribution < 1.29 is 10.0 Å². The number of nitrogens with one attached hydrogen (secondary N) is 1. The van der Waals surface area contributed by atoms with Crippen LogP contribution in [-0.4, -0.2) is 39.7 Å². The SMILES string of the molecule is O=c1[nH]cnc2cc(N3CCC(CO)CC3)c([N+](=O)[O-])cc12. The number of aromatic nitrogens is 2. The van der Waals surface area contributed by atoms with E-state index in [0.29, 0.717) is 24.3 Å². The molecule has 0 aliphatic carbocycles. The normalized spacial score (nSPS) is 16.1. The highest BCUT2D eigenvalue weighted by Crippen LogP contribution is 2.33. The lowest BCUT2D eigenvalue weighted by molar-refractivity contribution is -0.384. The van der Waals surface area contributed by atoms with Gasteiger partial charge in [-0.3, -0.25) is 14.9 Å². The molecule has 1 fully saturated rings. The number of fused-ring (bicyclic) bond motifs is 1. The fraction of sp³-hybridized carbons (Fsp3) is 0.429. The van der Waals surface area contributed by atoms with Crippen molar-refractivity contribution in [2.45, 2.75) is 12.8 Å². The van der Waals surface area contributed by atoms with Gasteiger partial charge in [0.25, 0.3) is 11.2 Å². The number of benzene rings is 1. The molecular formula is C14H16N4O4. The summed E-state index contributed by atoms with van der Waals surface area (Å²) in [6.45, 7) is 1.42. The quantitative estimate of drug-likeness (QED) is 0.647. The predicted molar refractivity (Wildman–Crippen MR) is 81.0 cm³/mol. The number of nitro benzene ring substituents is 1. The maximum atomic E-state index is 11.8. The minimum Gasteiger partial charge on any atom is -0.396 e. The molecule has 1 aromatic heterocycles. The van der Waals surface area contributed by atoms with Crippen LogP contribution in [0, 0.1) is 16.0 Å². The second-order valence-electron chi connectivity index (χ2n) is 5.46. The van der Waals surface area contributed by atoms with Crippen molar-refractivity contribution in [1.82, 2.24) is 9.97 Å². The van der Waals surface area contributed by atoms with E-state index in [1.807, 2.05) is 4.90 Å². The standard InChI is InChI=1S/C14H16N4O4/c19-7-9-1-3-17(4-2-9)12-6-11-10(5-13(12)18(21)22)14(20)16-8-15-11/h5-6,8-9,19H,1-4,7H2,(H,15,16,20). The Bertz CT molecular complexity index is 765. The molecule has 1 aliphatic rings. The zero-order valence-electron chi connectivity index (χ0n) is 11.9. The maximum Gasteiger partial charge on any atom is 0.293 e. The molecule has 3 rings (SSSR count). The minimum atomic E-state index is -0.473. The molecule has 2 N–H and O–H groups in total. The third-order valence-corrected chi connectivity index (χ3v) is 4.15. The van der Waals surface area contributed by atoms with Crippen LogP contribution in [0.4, 0.5) is 11.4 Å². The van der Waals surface area contributed by atoms with Gasteiger partial charge >= 0.3 is 0 Å². The van der Waals surface area contributed by atoms with Gasteiger partial charge in [-0.05, 0) is 24.8 Å². The van der Waals surface area contributed by atoms with Gasteiger partial charge in [0.05, 0.1) is 22.2 Å². The van der Waals surface area contributed by atoms with Crippen molar-refractivity contribution in [3.8, 4) is 0 Å². The molecule has 1 aromatic carbocycles. The lowest BCUT2D eigenvalue weighted by Gasteiger charge is -2.32. The van der Waals surface area contributed by atoms with Gasteiger partial charge in [0.2, 0.25) is 0 Å². The van der Waals surface area contributed by atoms with E-state index in [0.717, 1.165) is 12.8 Å². The highest BCUT2D eigenvalue weighted by Gasteiger charge is 2.25. The van der Waals surface area contributed by atoms with Crippen molar-refractivity contribution in [2.75, 3.05) is 24.6 Å². The molecule has 0 unspecified atom stereocenters. The van der Waals surface area contributed by atoms with E-state index in [2.05, 4.69) is 9.97 Å². The summed E-state index contributed by atoms with van der Waals surface area (Å²) in [5, 5.41) is 20.7. The van der Waals surface area contributed by atoms with Gasteiger partial charge in [0, 0.05) is 25.8 Å². The number of nitrogens with zero attached hydrogens (tertiary/aromatic N) is 3. The van der Waals surface area contributed by atoms with Gasteiger partial charge in [-0.2, -0.15) is 0 Å². The van der Waals surface area contributed by atoms with Crippen molar-refractivity contribution in [3.05, 3.63) is 38.9 Å². The first-order chi connectivity index (χ1) is 10.6. The van der Waals surface area contributed by atoms with Gasteiger partial charge < -0.3 is 15.0 Å². The van der Waals surface area contributed by atoms with Crippen LogP contribution in [0.15, 0.2) is 23.3 Å². The monoisotopic (exact) mass is 304 g/mol. The van der Waals surface area contributed by atoms with E-state index in [1.54, 1.807) is 6.07 Å². The molecule has 0 atom stereocenters. The second-order valence-corrected chi connectivity index (χ2v) is 5.46. The van der Waals surface area contributed by atoms with Crippen LogP contribution in [0.5, 0.6) is 0 Å². The Labute approximate surface area is 125 Å². The highest BCUT2D eigenvalue weighted by atomic mass is 16.6. The van der Waals surface area contributed by atoms with Crippen LogP contribution in [0.1, 0.15) is 12.8 Å². The summed E-state index contributed by atoms with van der Waals surface area (Å²) in [6, 6.07) is 2.89. The summed E-state index contributed by atoms with van der Waals surface area (Å²) in [7, 11) is 0. The van der Waals surface area contributed by atoms with Gasteiger partial charge in [0.15, 0.2) is 0 Å². The second kappa shape index (κ2) is 5.72. The zero-order chi connectivity index (χ0) is 15.7. The van der Waals surface area contributed by atoms with E-state index < -0.39 is 10.5 Å². The van der Waals surface area contributed by atoms with Crippen molar-refractivity contribution in [1.29, 1.82) is 0 Å². The van der Waals surface area contributed by atoms with Crippen LogP contribution in [0.2, 0.25) is 0 Å². The van der Waals surface area contributed by atoms with E-state index in [9.17, 15) is 20.0 Å². The number of hydrogen-bond donors (Lipinski definition) is 2. The van der Waals surface area contributed by atoms with E-state index in [1.165, 1.54) is 12.4 Å². The summed E-state index contributed by atoms with van der Waals surface area (Å²) in [4.78, 5) is 31.1. The van der Waals surface area contributed by atoms with Crippen LogP contribution < -0.4 is 10.5 Å². The molecule has 0 spiro atoms. The molecule has 22 heavy (non-hydrogen) atoms. The fourth-order valence-corrected chi connectivity index (χ4v) is 2.85. The summed E-state index contributed by atoms with van der Waals surface area (Å²) in [5.74, 6) is 0.247. The van der Waals surface area contributed by atoms with Crippen LogP contribution >= 0.6 is 0 Å². The number of H-pyrrole nitrogens is 1. The molecule has 8 heteroatoms. The van der Waals surface area contributed by atoms with Crippen LogP contribution in [0.3, 0.4) is 0 Å². The number of aliphatic hydroxyl groups is 1. The highest BCUT2D eigenvalue weighted by molar-refractivity contribution is 5.87. The molecule has 1 aliphatic heterocycles. The Morgan fingerprint density at radius 2 is 2.14 bits per heavy atom. The molecule has 8 nitrogen and oxygen atoms in total. The van der Waals surface area contributed by atoms with Crippen LogP contribution in [-0.2, 0) is 0 Å². The Balaban J connectivity index is 2.06. The summed E-state index contributed by atoms with van der Waals surface area (Å²) >= 11 is 0. The van der Waals surface area contributed by atoms with Crippen molar-refractivity contribution in [2.24, 2.45) is 5.92 Å². The largest absolute Gasteiger partial charge is 0.396 e. The third kappa shape index (κ3) is 2.52. The number of rotatable bonds is 3. The number of anilines is 1. The lowest BCUT2D eigenvalue weighted by Crippen LogP contribution is -2.35. The molecule has 1 saturated heterocycles.